The first-order valence-corrected chi connectivity index (χ1v) is 6.88. The molecule has 2 rings (SSSR count). The largest absolute Gasteiger partial charge is 0.396 e. The van der Waals surface area contributed by atoms with E-state index in [9.17, 15) is 20.3 Å². The van der Waals surface area contributed by atoms with E-state index in [4.69, 9.17) is 0 Å². The molecule has 6 nitrogen and oxygen atoms in total. The summed E-state index contributed by atoms with van der Waals surface area (Å²) < 4.78 is 0. The Hall–Kier alpha value is -1.50. The second kappa shape index (κ2) is 6.78. The molecule has 1 saturated carbocycles. The van der Waals surface area contributed by atoms with Crippen molar-refractivity contribution in [3.05, 3.63) is 39.9 Å². The molecule has 0 radical (unpaired) electrons. The molecular formula is C14H20N2O4. The summed E-state index contributed by atoms with van der Waals surface area (Å²) in [6.45, 7) is 0.560. The lowest BCUT2D eigenvalue weighted by molar-refractivity contribution is -0.384. The summed E-state index contributed by atoms with van der Waals surface area (Å²) >= 11 is 0. The number of nitro groups is 1. The van der Waals surface area contributed by atoms with Crippen LogP contribution < -0.4 is 5.32 Å². The van der Waals surface area contributed by atoms with Crippen molar-refractivity contribution in [3.63, 3.8) is 0 Å². The van der Waals surface area contributed by atoms with Gasteiger partial charge in [0.05, 0.1) is 11.0 Å². The zero-order valence-corrected chi connectivity index (χ0v) is 11.2. The van der Waals surface area contributed by atoms with Crippen molar-refractivity contribution in [1.82, 2.24) is 5.32 Å². The van der Waals surface area contributed by atoms with E-state index >= 15 is 0 Å². The second-order valence-corrected chi connectivity index (χ2v) is 5.25. The van der Waals surface area contributed by atoms with Crippen molar-refractivity contribution in [2.45, 2.75) is 31.4 Å². The highest BCUT2D eigenvalue weighted by molar-refractivity contribution is 5.33. The van der Waals surface area contributed by atoms with Crippen molar-refractivity contribution in [2.24, 2.45) is 5.92 Å². The van der Waals surface area contributed by atoms with Crippen LogP contribution in [0.3, 0.4) is 0 Å². The molecule has 0 saturated heterocycles. The fraction of sp³-hybridized carbons (Fsp3) is 0.571. The van der Waals surface area contributed by atoms with Gasteiger partial charge in [-0.05, 0) is 36.5 Å². The highest BCUT2D eigenvalue weighted by Crippen LogP contribution is 2.25. The third-order valence-electron chi connectivity index (χ3n) is 3.96. The molecular weight excluding hydrogens is 260 g/mol. The number of rotatable bonds is 6. The summed E-state index contributed by atoms with van der Waals surface area (Å²) in [5, 5.41) is 33.1. The highest BCUT2D eigenvalue weighted by Gasteiger charge is 2.26. The number of non-ortho nitro benzene ring substituents is 1. The van der Waals surface area contributed by atoms with Gasteiger partial charge in [0.25, 0.3) is 5.69 Å². The smallest absolute Gasteiger partial charge is 0.269 e. The van der Waals surface area contributed by atoms with E-state index in [1.165, 1.54) is 12.1 Å². The number of hydrogen-bond donors (Lipinski definition) is 3. The van der Waals surface area contributed by atoms with E-state index < -0.39 is 11.0 Å². The molecule has 110 valence electrons. The molecule has 0 aromatic heterocycles. The number of benzene rings is 1. The maximum atomic E-state index is 10.6. The monoisotopic (exact) mass is 280 g/mol. The molecule has 0 aliphatic heterocycles. The molecule has 6 heteroatoms. The van der Waals surface area contributed by atoms with Crippen molar-refractivity contribution < 1.29 is 15.1 Å². The fourth-order valence-corrected chi connectivity index (χ4v) is 2.72. The molecule has 3 unspecified atom stereocenters. The van der Waals surface area contributed by atoms with Crippen molar-refractivity contribution in [1.29, 1.82) is 0 Å². The summed E-state index contributed by atoms with van der Waals surface area (Å²) in [5.74, 6) is 0.263. The van der Waals surface area contributed by atoms with Crippen LogP contribution in [-0.2, 0) is 0 Å². The number of nitrogens with zero attached hydrogens (tertiary/aromatic N) is 1. The van der Waals surface area contributed by atoms with Gasteiger partial charge in [-0.15, -0.1) is 0 Å². The first kappa shape index (κ1) is 14.9. The summed E-state index contributed by atoms with van der Waals surface area (Å²) in [5.41, 5.74) is 0.673. The average molecular weight is 280 g/mol. The van der Waals surface area contributed by atoms with Crippen LogP contribution in [0, 0.1) is 16.0 Å². The Balaban J connectivity index is 1.88. The Morgan fingerprint density at radius 3 is 2.65 bits per heavy atom. The Labute approximate surface area is 117 Å². The Bertz CT molecular complexity index is 449. The highest BCUT2D eigenvalue weighted by atomic mass is 16.6. The van der Waals surface area contributed by atoms with Crippen LogP contribution in [0.5, 0.6) is 0 Å². The van der Waals surface area contributed by atoms with E-state index in [1.54, 1.807) is 12.1 Å². The minimum atomic E-state index is -0.698. The summed E-state index contributed by atoms with van der Waals surface area (Å²) in [4.78, 5) is 10.1. The van der Waals surface area contributed by atoms with Gasteiger partial charge in [-0.1, -0.05) is 6.42 Å². The third-order valence-corrected chi connectivity index (χ3v) is 3.96. The van der Waals surface area contributed by atoms with Gasteiger partial charge in [0, 0.05) is 31.3 Å². The molecule has 3 atom stereocenters. The predicted octanol–water partition coefficient (Wildman–Crippen LogP) is 1.38. The predicted molar refractivity (Wildman–Crippen MR) is 74.3 cm³/mol. The molecule has 1 fully saturated rings. The molecule has 0 spiro atoms. The molecule has 3 N–H and O–H groups in total. The van der Waals surface area contributed by atoms with Crippen molar-refractivity contribution in [3.8, 4) is 0 Å². The van der Waals surface area contributed by atoms with Gasteiger partial charge >= 0.3 is 0 Å². The lowest BCUT2D eigenvalue weighted by atomic mass is 10.0. The lowest BCUT2D eigenvalue weighted by Gasteiger charge is -2.21. The van der Waals surface area contributed by atoms with Crippen LogP contribution in [0.1, 0.15) is 30.9 Å². The lowest BCUT2D eigenvalue weighted by Crippen LogP contribution is -2.36. The zero-order valence-electron chi connectivity index (χ0n) is 11.2. The van der Waals surface area contributed by atoms with E-state index in [2.05, 4.69) is 5.32 Å². The molecule has 20 heavy (non-hydrogen) atoms. The molecule has 0 heterocycles. The maximum absolute atomic E-state index is 10.6. The average Bonchev–Trinajstić information content (AvgIpc) is 2.92. The minimum absolute atomic E-state index is 0.0186. The third kappa shape index (κ3) is 3.53. The zero-order chi connectivity index (χ0) is 14.5. The maximum Gasteiger partial charge on any atom is 0.269 e. The van der Waals surface area contributed by atoms with E-state index in [0.29, 0.717) is 12.1 Å². The SMILES string of the molecule is O=[N+]([O-])c1ccc(C(O)CNC2CCCC2CO)cc1. The summed E-state index contributed by atoms with van der Waals surface area (Å²) in [6.07, 6.45) is 2.42. The van der Waals surface area contributed by atoms with Gasteiger partial charge in [-0.25, -0.2) is 0 Å². The number of aliphatic hydroxyl groups is 2. The molecule has 1 aliphatic carbocycles. The van der Waals surface area contributed by atoms with Crippen LogP contribution in [-0.4, -0.2) is 34.3 Å². The van der Waals surface area contributed by atoms with Crippen LogP contribution in [0.2, 0.25) is 0 Å². The topological polar surface area (TPSA) is 95.6 Å². The van der Waals surface area contributed by atoms with Gasteiger partial charge < -0.3 is 15.5 Å². The van der Waals surface area contributed by atoms with Crippen LogP contribution in [0.25, 0.3) is 0 Å². The van der Waals surface area contributed by atoms with Gasteiger partial charge in [-0.2, -0.15) is 0 Å². The normalized spacial score (nSPS) is 23.7. The van der Waals surface area contributed by atoms with E-state index in [0.717, 1.165) is 19.3 Å². The minimum Gasteiger partial charge on any atom is -0.396 e. The van der Waals surface area contributed by atoms with Crippen molar-refractivity contribution in [2.75, 3.05) is 13.2 Å². The number of hydrogen-bond acceptors (Lipinski definition) is 5. The summed E-state index contributed by atoms with van der Waals surface area (Å²) in [7, 11) is 0. The van der Waals surface area contributed by atoms with Crippen LogP contribution in [0.4, 0.5) is 5.69 Å². The second-order valence-electron chi connectivity index (χ2n) is 5.25. The number of nitro benzene ring substituents is 1. The molecule has 0 amide bonds. The molecule has 1 aromatic rings. The van der Waals surface area contributed by atoms with E-state index in [-0.39, 0.29) is 24.3 Å². The van der Waals surface area contributed by atoms with Crippen molar-refractivity contribution >= 4 is 5.69 Å². The first-order chi connectivity index (χ1) is 9.61. The van der Waals surface area contributed by atoms with Gasteiger partial charge in [-0.3, -0.25) is 10.1 Å². The number of aliphatic hydroxyl groups excluding tert-OH is 2. The quantitative estimate of drug-likeness (QED) is 0.540. The fourth-order valence-electron chi connectivity index (χ4n) is 2.72. The standard InChI is InChI=1S/C14H20N2O4/c17-9-11-2-1-3-13(11)15-8-14(18)10-4-6-12(7-5-10)16(19)20/h4-7,11,13-15,17-18H,1-3,8-9H2. The Kier molecular flexibility index (Phi) is 5.05. The van der Waals surface area contributed by atoms with E-state index in [1.807, 2.05) is 0 Å². The summed E-state index contributed by atoms with van der Waals surface area (Å²) in [6, 6.07) is 6.17. The molecule has 1 aromatic carbocycles. The van der Waals surface area contributed by atoms with Gasteiger partial charge in [0.2, 0.25) is 0 Å². The molecule has 1 aliphatic rings. The van der Waals surface area contributed by atoms with Crippen LogP contribution >= 0.6 is 0 Å². The Morgan fingerprint density at radius 1 is 1.35 bits per heavy atom. The van der Waals surface area contributed by atoms with Crippen LogP contribution in [0.15, 0.2) is 24.3 Å². The number of nitrogens with one attached hydrogen (secondary N) is 1. The van der Waals surface area contributed by atoms with Gasteiger partial charge in [0.1, 0.15) is 0 Å². The first-order valence-electron chi connectivity index (χ1n) is 6.88. The van der Waals surface area contributed by atoms with Gasteiger partial charge in [0.15, 0.2) is 0 Å². The Morgan fingerprint density at radius 2 is 2.05 bits per heavy atom. The molecule has 0 bridgehead atoms.